The molecule has 0 amide bonds. The highest BCUT2D eigenvalue weighted by Crippen LogP contribution is 2.51. The van der Waals surface area contributed by atoms with Crippen molar-refractivity contribution in [3.8, 4) is 5.75 Å². The molecule has 0 spiro atoms. The lowest BCUT2D eigenvalue weighted by molar-refractivity contribution is -0.151. The molecule has 15 heteroatoms. The van der Waals surface area contributed by atoms with E-state index in [1.807, 2.05) is 0 Å². The number of alkyl halides is 2. The fraction of sp³-hybridized carbons (Fsp3) is 0.480. The summed E-state index contributed by atoms with van der Waals surface area (Å²) in [5.74, 6) is -1.62. The van der Waals surface area contributed by atoms with Crippen LogP contribution >= 0.6 is 7.60 Å². The van der Waals surface area contributed by atoms with E-state index in [0.29, 0.717) is 0 Å². The van der Waals surface area contributed by atoms with Crippen LogP contribution in [0.3, 0.4) is 0 Å². The predicted octanol–water partition coefficient (Wildman–Crippen LogP) is 3.12. The van der Waals surface area contributed by atoms with Crippen molar-refractivity contribution in [3.05, 3.63) is 52.9 Å². The minimum absolute atomic E-state index is 0.0382. The van der Waals surface area contributed by atoms with Gasteiger partial charge in [-0.05, 0) is 32.0 Å². The van der Waals surface area contributed by atoms with Gasteiger partial charge in [0.15, 0.2) is 11.9 Å². The molecule has 1 aliphatic heterocycles. The first-order chi connectivity index (χ1) is 18.9. The lowest BCUT2D eigenvalue weighted by Crippen LogP contribution is -2.45. The second kappa shape index (κ2) is 11.7. The Morgan fingerprint density at radius 1 is 1.30 bits per heavy atom. The molecule has 0 radical (unpaired) electrons. The summed E-state index contributed by atoms with van der Waals surface area (Å²) in [6, 6.07) is 9.35. The maximum Gasteiger partial charge on any atom is 0.380 e. The van der Waals surface area contributed by atoms with Crippen LogP contribution in [-0.2, 0) is 23.4 Å². The van der Waals surface area contributed by atoms with Crippen molar-refractivity contribution < 1.29 is 41.8 Å². The number of aliphatic hydroxyl groups excluding tert-OH is 1. The largest absolute Gasteiger partial charge is 0.463 e. The Balaban J connectivity index is 1.58. The van der Waals surface area contributed by atoms with Gasteiger partial charge in [-0.2, -0.15) is 4.98 Å². The zero-order valence-corrected chi connectivity index (χ0v) is 22.9. The van der Waals surface area contributed by atoms with Gasteiger partial charge in [0.2, 0.25) is 11.6 Å². The minimum atomic E-state index is -4.15. The Kier molecular flexibility index (Phi) is 8.64. The van der Waals surface area contributed by atoms with Crippen molar-refractivity contribution in [3.63, 3.8) is 0 Å². The fourth-order valence-corrected chi connectivity index (χ4v) is 6.20. The molecule has 2 aromatic heterocycles. The van der Waals surface area contributed by atoms with E-state index in [1.54, 1.807) is 32.0 Å². The molecule has 218 valence electrons. The van der Waals surface area contributed by atoms with Crippen LogP contribution in [-0.4, -0.2) is 69.0 Å². The number of aliphatic hydroxyl groups is 1. The monoisotopic (exact) mass is 584 g/mol. The summed E-state index contributed by atoms with van der Waals surface area (Å²) in [6.07, 6.45) is -4.93. The number of nitrogens with one attached hydrogen (secondary N) is 1. The van der Waals surface area contributed by atoms with Crippen molar-refractivity contribution in [2.24, 2.45) is 5.92 Å². The second-order valence-corrected chi connectivity index (χ2v) is 11.9. The zero-order valence-electron chi connectivity index (χ0n) is 22.0. The molecule has 40 heavy (non-hydrogen) atoms. The molecule has 0 saturated carbocycles. The van der Waals surface area contributed by atoms with Gasteiger partial charge in [-0.15, -0.1) is 0 Å². The number of nitrogen functional groups attached to an aromatic ring is 1. The number of nitrogens with two attached hydrogens (primary N) is 1. The molecule has 0 bridgehead atoms. The highest BCUT2D eigenvalue weighted by atomic mass is 31.2. The van der Waals surface area contributed by atoms with Crippen LogP contribution < -0.4 is 15.8 Å². The average Bonchev–Trinajstić information content (AvgIpc) is 3.42. The number of nitrogens with zero attached hydrogens (tertiary/aromatic N) is 2. The number of fused-ring (bicyclic) bond motifs is 1. The van der Waals surface area contributed by atoms with Crippen LogP contribution in [0.1, 0.15) is 27.0 Å². The molecule has 4 N–H and O–H groups in total. The standard InChI is InChI=1S/C25H31F2N4O8P/c1-14(2)37-22(34)15(3)12-40(35,39-16-7-5-4-6-8-16)36-11-18-19(32)25(27,13-26)23(38-18)31-10-9-17-20(31)29-24(28)30-21(17)33/h4-10,14-15,18-19,23,32H,11-13H2,1-3H3,(H3,28,29,30,33)/t15-,18-,19+,23-,25?,40+/m1/s1. The summed E-state index contributed by atoms with van der Waals surface area (Å²) in [6.45, 7) is 2.47. The molecule has 6 atom stereocenters. The molecule has 1 saturated heterocycles. The maximum absolute atomic E-state index is 15.9. The molecule has 4 rings (SSSR count). The maximum atomic E-state index is 15.9. The number of carbonyl (C=O) groups excluding carboxylic acids is 1. The molecule has 1 aliphatic rings. The van der Waals surface area contributed by atoms with E-state index in [4.69, 9.17) is 24.3 Å². The normalized spacial score (nSPS) is 25.1. The molecule has 1 fully saturated rings. The van der Waals surface area contributed by atoms with Crippen LogP contribution in [0.15, 0.2) is 47.4 Å². The van der Waals surface area contributed by atoms with Crippen LogP contribution in [0.4, 0.5) is 14.7 Å². The summed E-state index contributed by atoms with van der Waals surface area (Å²) >= 11 is 0. The molecule has 3 aromatic rings. The number of rotatable bonds is 11. The van der Waals surface area contributed by atoms with E-state index < -0.39 is 74.7 Å². The Morgan fingerprint density at radius 2 is 2.00 bits per heavy atom. The van der Waals surface area contributed by atoms with Gasteiger partial charge in [-0.25, -0.2) is 13.3 Å². The Morgan fingerprint density at radius 3 is 2.65 bits per heavy atom. The van der Waals surface area contributed by atoms with Crippen LogP contribution in [0.25, 0.3) is 11.0 Å². The van der Waals surface area contributed by atoms with Gasteiger partial charge in [0, 0.05) is 6.20 Å². The SMILES string of the molecule is CC(C)OC(=O)[C@H](C)C[P@](=O)(OC[C@H]1O[C@@H](n2ccc3c(=O)[nH]c(N)nc32)C(F)(CF)[C@H]1O)Oc1ccccc1. The number of aromatic amines is 1. The summed E-state index contributed by atoms with van der Waals surface area (Å²) < 4.78 is 67.0. The molecule has 12 nitrogen and oxygen atoms in total. The van der Waals surface area contributed by atoms with Gasteiger partial charge in [-0.3, -0.25) is 19.1 Å². The van der Waals surface area contributed by atoms with Gasteiger partial charge < -0.3 is 29.4 Å². The van der Waals surface area contributed by atoms with Crippen molar-refractivity contribution in [1.82, 2.24) is 14.5 Å². The second-order valence-electron chi connectivity index (χ2n) is 9.82. The number of aromatic nitrogens is 3. The first-order valence-electron chi connectivity index (χ1n) is 12.5. The van der Waals surface area contributed by atoms with Crippen molar-refractivity contribution in [2.75, 3.05) is 25.2 Å². The number of halogens is 2. The average molecular weight is 585 g/mol. The molecular formula is C25H31F2N4O8P. The minimum Gasteiger partial charge on any atom is -0.463 e. The molecular weight excluding hydrogens is 553 g/mol. The lowest BCUT2D eigenvalue weighted by atomic mass is 9.97. The number of ether oxygens (including phenoxy) is 2. The number of para-hydroxylation sites is 1. The van der Waals surface area contributed by atoms with E-state index in [-0.39, 0.29) is 22.7 Å². The first kappa shape index (κ1) is 29.7. The predicted molar refractivity (Wildman–Crippen MR) is 140 cm³/mol. The zero-order chi connectivity index (χ0) is 29.2. The number of benzene rings is 1. The molecule has 1 aromatic carbocycles. The lowest BCUT2D eigenvalue weighted by Gasteiger charge is -2.26. The number of anilines is 1. The topological polar surface area (TPSA) is 168 Å². The number of carbonyl (C=O) groups is 1. The number of H-pyrrole nitrogens is 1. The number of esters is 1. The van der Waals surface area contributed by atoms with E-state index >= 15 is 4.39 Å². The van der Waals surface area contributed by atoms with Gasteiger partial charge in [0.25, 0.3) is 5.56 Å². The first-order valence-corrected chi connectivity index (χ1v) is 14.2. The van der Waals surface area contributed by atoms with Gasteiger partial charge in [0.1, 0.15) is 24.6 Å². The molecule has 0 aliphatic carbocycles. The summed E-state index contributed by atoms with van der Waals surface area (Å²) in [4.78, 5) is 30.9. The van der Waals surface area contributed by atoms with E-state index in [0.717, 1.165) is 4.57 Å². The van der Waals surface area contributed by atoms with Crippen molar-refractivity contribution >= 4 is 30.5 Å². The highest BCUT2D eigenvalue weighted by Gasteiger charge is 2.59. The quantitative estimate of drug-likeness (QED) is 0.225. The highest BCUT2D eigenvalue weighted by molar-refractivity contribution is 7.54. The smallest absolute Gasteiger partial charge is 0.380 e. The molecule has 1 unspecified atom stereocenters. The summed E-state index contributed by atoms with van der Waals surface area (Å²) in [7, 11) is -4.15. The third-order valence-electron chi connectivity index (χ3n) is 6.29. The van der Waals surface area contributed by atoms with Crippen LogP contribution in [0.2, 0.25) is 0 Å². The van der Waals surface area contributed by atoms with E-state index in [1.165, 1.54) is 31.3 Å². The third kappa shape index (κ3) is 6.04. The summed E-state index contributed by atoms with van der Waals surface area (Å²) in [5, 5.41) is 10.8. The number of hydrogen-bond acceptors (Lipinski definition) is 10. The van der Waals surface area contributed by atoms with Gasteiger partial charge in [-0.1, -0.05) is 25.1 Å². The Labute approximate surface area is 227 Å². The summed E-state index contributed by atoms with van der Waals surface area (Å²) in [5.41, 5.74) is 1.93. The Bertz CT molecular complexity index is 1450. The van der Waals surface area contributed by atoms with Crippen LogP contribution in [0, 0.1) is 5.92 Å². The van der Waals surface area contributed by atoms with Crippen LogP contribution in [0.5, 0.6) is 5.75 Å². The van der Waals surface area contributed by atoms with E-state index in [9.17, 15) is 23.7 Å². The van der Waals surface area contributed by atoms with E-state index in [2.05, 4.69) is 9.97 Å². The molecule has 3 heterocycles. The number of hydrogen-bond donors (Lipinski definition) is 3. The fourth-order valence-electron chi connectivity index (χ4n) is 4.33. The van der Waals surface area contributed by atoms with Gasteiger partial charge >= 0.3 is 13.6 Å². The van der Waals surface area contributed by atoms with Gasteiger partial charge in [0.05, 0.1) is 30.2 Å². The van der Waals surface area contributed by atoms with Crippen molar-refractivity contribution in [2.45, 2.75) is 51.0 Å². The Hall–Kier alpha value is -3.32. The van der Waals surface area contributed by atoms with Crippen molar-refractivity contribution in [1.29, 1.82) is 0 Å². The third-order valence-corrected chi connectivity index (χ3v) is 8.32.